The second-order valence-electron chi connectivity index (χ2n) is 4.08. The lowest BCUT2D eigenvalue weighted by molar-refractivity contribution is 0.122. The van der Waals surface area contributed by atoms with Crippen LogP contribution in [0.15, 0.2) is 0 Å². The van der Waals surface area contributed by atoms with Crippen molar-refractivity contribution in [2.24, 2.45) is 0 Å². The summed E-state index contributed by atoms with van der Waals surface area (Å²) in [6.07, 6.45) is -2.47. The summed E-state index contributed by atoms with van der Waals surface area (Å²) in [5.74, 6) is 0.529. The molecule has 19 heavy (non-hydrogen) atoms. The number of anilines is 2. The number of ether oxygens (including phenoxy) is 1. The van der Waals surface area contributed by atoms with Gasteiger partial charge in [-0.25, -0.2) is 8.78 Å². The van der Waals surface area contributed by atoms with Crippen molar-refractivity contribution in [3.05, 3.63) is 5.28 Å². The van der Waals surface area contributed by atoms with Crippen molar-refractivity contribution in [1.29, 1.82) is 0 Å². The number of halogens is 3. The molecule has 2 rings (SSSR count). The molecule has 0 aliphatic carbocycles. The van der Waals surface area contributed by atoms with Crippen LogP contribution in [-0.4, -0.2) is 61.3 Å². The molecule has 0 atom stereocenters. The summed E-state index contributed by atoms with van der Waals surface area (Å²) >= 11 is 5.82. The summed E-state index contributed by atoms with van der Waals surface area (Å²) in [6.45, 7) is 1.97. The molecular formula is C10H14ClF2N5O. The maximum Gasteiger partial charge on any atom is 0.255 e. The molecule has 0 aromatic carbocycles. The summed E-state index contributed by atoms with van der Waals surface area (Å²) < 4.78 is 29.9. The highest BCUT2D eigenvalue weighted by Crippen LogP contribution is 2.17. The predicted molar refractivity (Wildman–Crippen MR) is 67.1 cm³/mol. The molecule has 0 amide bonds. The number of hydrogen-bond acceptors (Lipinski definition) is 6. The molecular weight excluding hydrogens is 280 g/mol. The number of hydrogen-bond donors (Lipinski definition) is 0. The third-order valence-corrected chi connectivity index (χ3v) is 2.80. The molecule has 0 saturated carbocycles. The van der Waals surface area contributed by atoms with Gasteiger partial charge in [-0.05, 0) is 11.6 Å². The molecule has 9 heteroatoms. The fraction of sp³-hybridized carbons (Fsp3) is 0.700. The van der Waals surface area contributed by atoms with Crippen LogP contribution in [0.25, 0.3) is 0 Å². The summed E-state index contributed by atoms with van der Waals surface area (Å²) in [7, 11) is 1.49. The van der Waals surface area contributed by atoms with Crippen molar-refractivity contribution < 1.29 is 13.5 Å². The van der Waals surface area contributed by atoms with Crippen LogP contribution in [0.1, 0.15) is 0 Å². The van der Waals surface area contributed by atoms with E-state index in [4.69, 9.17) is 16.3 Å². The Balaban J connectivity index is 2.18. The molecule has 0 bridgehead atoms. The smallest absolute Gasteiger partial charge is 0.255 e. The molecule has 106 valence electrons. The third-order valence-electron chi connectivity index (χ3n) is 2.63. The topological polar surface area (TPSA) is 54.4 Å². The van der Waals surface area contributed by atoms with E-state index in [1.54, 1.807) is 0 Å². The van der Waals surface area contributed by atoms with Gasteiger partial charge in [0.25, 0.3) is 6.43 Å². The molecule has 1 saturated heterocycles. The molecule has 1 aliphatic rings. The highest BCUT2D eigenvalue weighted by atomic mass is 35.5. The lowest BCUT2D eigenvalue weighted by Crippen LogP contribution is -2.38. The van der Waals surface area contributed by atoms with E-state index in [-0.39, 0.29) is 11.2 Å². The summed E-state index contributed by atoms with van der Waals surface area (Å²) in [6, 6.07) is 0. The quantitative estimate of drug-likeness (QED) is 0.827. The first kappa shape index (κ1) is 14.1. The van der Waals surface area contributed by atoms with Crippen molar-refractivity contribution >= 4 is 23.5 Å². The second-order valence-corrected chi connectivity index (χ2v) is 4.41. The lowest BCUT2D eigenvalue weighted by atomic mass is 10.4. The first-order chi connectivity index (χ1) is 9.06. The minimum atomic E-state index is -2.47. The predicted octanol–water partition coefficient (Wildman–Crippen LogP) is 1.06. The molecule has 1 fully saturated rings. The van der Waals surface area contributed by atoms with Gasteiger partial charge in [-0.15, -0.1) is 0 Å². The monoisotopic (exact) mass is 293 g/mol. The van der Waals surface area contributed by atoms with E-state index in [9.17, 15) is 8.78 Å². The Kier molecular flexibility index (Phi) is 4.65. The first-order valence-corrected chi connectivity index (χ1v) is 6.17. The van der Waals surface area contributed by atoms with Gasteiger partial charge in [-0.2, -0.15) is 15.0 Å². The van der Waals surface area contributed by atoms with E-state index < -0.39 is 13.0 Å². The zero-order chi connectivity index (χ0) is 13.8. The number of morpholine rings is 1. The molecule has 2 heterocycles. The van der Waals surface area contributed by atoms with Gasteiger partial charge >= 0.3 is 0 Å². The number of rotatable bonds is 4. The number of nitrogens with zero attached hydrogens (tertiary/aromatic N) is 5. The molecule has 0 unspecified atom stereocenters. The largest absolute Gasteiger partial charge is 0.378 e. The van der Waals surface area contributed by atoms with Crippen LogP contribution in [0.5, 0.6) is 0 Å². The maximum absolute atomic E-state index is 12.4. The van der Waals surface area contributed by atoms with Gasteiger partial charge in [-0.1, -0.05) is 0 Å². The van der Waals surface area contributed by atoms with Crippen LogP contribution in [-0.2, 0) is 4.74 Å². The van der Waals surface area contributed by atoms with Gasteiger partial charge in [-0.3, -0.25) is 0 Å². The third kappa shape index (κ3) is 3.84. The maximum atomic E-state index is 12.4. The Hall–Kier alpha value is -1.28. The van der Waals surface area contributed by atoms with Crippen LogP contribution in [0, 0.1) is 0 Å². The molecule has 0 radical (unpaired) electrons. The second kappa shape index (κ2) is 6.25. The molecule has 0 spiro atoms. The minimum absolute atomic E-state index is 0.00684. The van der Waals surface area contributed by atoms with E-state index in [2.05, 4.69) is 15.0 Å². The van der Waals surface area contributed by atoms with E-state index >= 15 is 0 Å². The van der Waals surface area contributed by atoms with Crippen LogP contribution < -0.4 is 9.80 Å². The zero-order valence-corrected chi connectivity index (χ0v) is 11.1. The zero-order valence-electron chi connectivity index (χ0n) is 10.4. The van der Waals surface area contributed by atoms with E-state index in [1.165, 1.54) is 11.9 Å². The molecule has 1 aliphatic heterocycles. The SMILES string of the molecule is CN(CC(F)F)c1nc(Cl)nc(N2CCOCC2)n1. The van der Waals surface area contributed by atoms with Crippen LogP contribution in [0.2, 0.25) is 5.28 Å². The van der Waals surface area contributed by atoms with Crippen LogP contribution in [0.4, 0.5) is 20.7 Å². The molecule has 6 nitrogen and oxygen atoms in total. The molecule has 0 N–H and O–H groups in total. The van der Waals surface area contributed by atoms with Gasteiger partial charge < -0.3 is 14.5 Å². The average Bonchev–Trinajstić information content (AvgIpc) is 2.38. The van der Waals surface area contributed by atoms with Crippen molar-refractivity contribution in [3.8, 4) is 0 Å². The van der Waals surface area contributed by atoms with Gasteiger partial charge in [0, 0.05) is 20.1 Å². The normalized spacial score (nSPS) is 15.9. The number of alkyl halides is 2. The highest BCUT2D eigenvalue weighted by molar-refractivity contribution is 6.28. The molecule has 1 aromatic heterocycles. The highest BCUT2D eigenvalue weighted by Gasteiger charge is 2.18. The van der Waals surface area contributed by atoms with Gasteiger partial charge in [0.2, 0.25) is 17.2 Å². The summed E-state index contributed by atoms with van der Waals surface area (Å²) in [5, 5.41) is -0.00684. The minimum Gasteiger partial charge on any atom is -0.378 e. The lowest BCUT2D eigenvalue weighted by Gasteiger charge is -2.27. The van der Waals surface area contributed by atoms with Gasteiger partial charge in [0.05, 0.1) is 19.8 Å². The van der Waals surface area contributed by atoms with E-state index in [1.807, 2.05) is 4.90 Å². The summed E-state index contributed by atoms with van der Waals surface area (Å²) in [5.41, 5.74) is 0. The van der Waals surface area contributed by atoms with Gasteiger partial charge in [0.15, 0.2) is 0 Å². The van der Waals surface area contributed by atoms with Gasteiger partial charge in [0.1, 0.15) is 0 Å². The Morgan fingerprint density at radius 3 is 2.63 bits per heavy atom. The van der Waals surface area contributed by atoms with Crippen molar-refractivity contribution in [2.45, 2.75) is 6.43 Å². The Morgan fingerprint density at radius 1 is 1.32 bits per heavy atom. The Labute approximate surface area is 114 Å². The van der Waals surface area contributed by atoms with Crippen molar-refractivity contribution in [2.75, 3.05) is 49.7 Å². The fourth-order valence-corrected chi connectivity index (χ4v) is 1.84. The van der Waals surface area contributed by atoms with Crippen LogP contribution in [0.3, 0.4) is 0 Å². The fourth-order valence-electron chi connectivity index (χ4n) is 1.69. The Morgan fingerprint density at radius 2 is 2.00 bits per heavy atom. The van der Waals surface area contributed by atoms with E-state index in [0.717, 1.165) is 0 Å². The van der Waals surface area contributed by atoms with Crippen molar-refractivity contribution in [3.63, 3.8) is 0 Å². The standard InChI is InChI=1S/C10H14ClF2N5O/c1-17(6-7(12)13)9-14-8(11)15-10(16-9)18-2-4-19-5-3-18/h7H,2-6H2,1H3. The van der Waals surface area contributed by atoms with Crippen molar-refractivity contribution in [1.82, 2.24) is 15.0 Å². The number of aromatic nitrogens is 3. The average molecular weight is 294 g/mol. The summed E-state index contributed by atoms with van der Waals surface area (Å²) in [4.78, 5) is 15.2. The van der Waals surface area contributed by atoms with Crippen LogP contribution >= 0.6 is 11.6 Å². The first-order valence-electron chi connectivity index (χ1n) is 5.80. The Bertz CT molecular complexity index is 430. The van der Waals surface area contributed by atoms with E-state index in [0.29, 0.717) is 32.3 Å². The molecule has 1 aromatic rings.